The molecule has 1 fully saturated rings. The van der Waals surface area contributed by atoms with E-state index in [4.69, 9.17) is 5.11 Å². The molecule has 1 rings (SSSR count). The summed E-state index contributed by atoms with van der Waals surface area (Å²) in [7, 11) is 0. The van der Waals surface area contributed by atoms with Crippen molar-refractivity contribution in [2.45, 2.75) is 12.5 Å². The van der Waals surface area contributed by atoms with Crippen LogP contribution in [0.2, 0.25) is 0 Å². The van der Waals surface area contributed by atoms with Crippen LogP contribution in [0, 0.1) is 0 Å². The number of piperazine rings is 1. The normalized spacial score (nSPS) is 19.4. The lowest BCUT2D eigenvalue weighted by atomic mass is 10.1. The predicted molar refractivity (Wildman–Crippen MR) is 59.4 cm³/mol. The van der Waals surface area contributed by atoms with Crippen LogP contribution in [0.3, 0.4) is 0 Å². The third-order valence-corrected chi connectivity index (χ3v) is 2.36. The Balaban J connectivity index is 2.70. The number of nitrogens with zero attached hydrogens (tertiary/aromatic N) is 1. The maximum absolute atomic E-state index is 11.7. The molecule has 1 aliphatic rings. The molecule has 0 bridgehead atoms. The van der Waals surface area contributed by atoms with Crippen molar-refractivity contribution in [3.63, 3.8) is 0 Å². The van der Waals surface area contributed by atoms with Crippen molar-refractivity contribution in [2.75, 3.05) is 19.6 Å². The molecule has 0 radical (unpaired) electrons. The lowest BCUT2D eigenvalue weighted by Crippen LogP contribution is -2.59. The van der Waals surface area contributed by atoms with Crippen molar-refractivity contribution in [1.29, 1.82) is 0 Å². The smallest absolute Gasteiger partial charge is 0.318 e. The van der Waals surface area contributed by atoms with Crippen molar-refractivity contribution in [1.82, 2.24) is 15.5 Å². The minimum Gasteiger partial charge on any atom is -0.481 e. The fourth-order valence-electron chi connectivity index (χ4n) is 1.59. The molecule has 1 aliphatic heterocycles. The van der Waals surface area contributed by atoms with Crippen molar-refractivity contribution >= 4 is 17.9 Å². The Kier molecular flexibility index (Phi) is 4.50. The average molecular weight is 241 g/mol. The van der Waals surface area contributed by atoms with Gasteiger partial charge < -0.3 is 20.6 Å². The van der Waals surface area contributed by atoms with Crippen LogP contribution < -0.4 is 10.6 Å². The van der Waals surface area contributed by atoms with Crippen LogP contribution >= 0.6 is 0 Å². The van der Waals surface area contributed by atoms with Gasteiger partial charge in [0.1, 0.15) is 6.04 Å². The lowest BCUT2D eigenvalue weighted by Gasteiger charge is -2.34. The van der Waals surface area contributed by atoms with Gasteiger partial charge in [-0.3, -0.25) is 9.59 Å². The van der Waals surface area contributed by atoms with Crippen LogP contribution in [0.5, 0.6) is 0 Å². The molecule has 1 heterocycles. The predicted octanol–water partition coefficient (Wildman–Crippen LogP) is -0.843. The van der Waals surface area contributed by atoms with E-state index in [1.165, 1.54) is 11.0 Å². The van der Waals surface area contributed by atoms with Gasteiger partial charge in [0.25, 0.3) is 0 Å². The fourth-order valence-corrected chi connectivity index (χ4v) is 1.59. The van der Waals surface area contributed by atoms with E-state index in [-0.39, 0.29) is 6.54 Å². The molecule has 3 N–H and O–H groups in total. The minimum atomic E-state index is -1.12. The third kappa shape index (κ3) is 3.47. The first kappa shape index (κ1) is 13.0. The first-order chi connectivity index (χ1) is 8.06. The Morgan fingerprint density at radius 1 is 1.65 bits per heavy atom. The standard InChI is InChI=1S/C10H15N3O4/c1-2-3-12-10(17)13-5-4-11-9(16)7(13)6-8(14)15/h2,7H,1,3-6H2,(H,11,16)(H,12,17)(H,14,15). The summed E-state index contributed by atoms with van der Waals surface area (Å²) in [6.45, 7) is 4.36. The van der Waals surface area contributed by atoms with Crippen LogP contribution in [0.25, 0.3) is 0 Å². The Morgan fingerprint density at radius 2 is 2.35 bits per heavy atom. The van der Waals surface area contributed by atoms with Crippen molar-refractivity contribution in [3.05, 3.63) is 12.7 Å². The SMILES string of the molecule is C=CCNC(=O)N1CCNC(=O)C1CC(=O)O. The molecule has 17 heavy (non-hydrogen) atoms. The van der Waals surface area contributed by atoms with E-state index in [1.54, 1.807) is 0 Å². The average Bonchev–Trinajstić information content (AvgIpc) is 2.28. The van der Waals surface area contributed by atoms with E-state index < -0.39 is 30.4 Å². The second-order valence-electron chi connectivity index (χ2n) is 3.57. The number of aliphatic carboxylic acids is 1. The molecule has 0 aromatic heterocycles. The van der Waals surface area contributed by atoms with E-state index >= 15 is 0 Å². The van der Waals surface area contributed by atoms with Crippen LogP contribution in [0.1, 0.15) is 6.42 Å². The molecule has 0 saturated carbocycles. The molecule has 0 aliphatic carbocycles. The molecule has 1 unspecified atom stereocenters. The van der Waals surface area contributed by atoms with Crippen LogP contribution in [-0.4, -0.2) is 53.6 Å². The molecular formula is C10H15N3O4. The second kappa shape index (κ2) is 5.88. The third-order valence-electron chi connectivity index (χ3n) is 2.36. The summed E-state index contributed by atoms with van der Waals surface area (Å²) >= 11 is 0. The number of rotatable bonds is 4. The molecule has 7 heteroatoms. The Morgan fingerprint density at radius 3 is 2.94 bits per heavy atom. The highest BCUT2D eigenvalue weighted by atomic mass is 16.4. The van der Waals surface area contributed by atoms with Gasteiger partial charge in [-0.2, -0.15) is 0 Å². The Bertz CT molecular complexity index is 342. The summed E-state index contributed by atoms with van der Waals surface area (Å²) < 4.78 is 0. The van der Waals surface area contributed by atoms with Gasteiger partial charge >= 0.3 is 12.0 Å². The fraction of sp³-hybridized carbons (Fsp3) is 0.500. The summed E-state index contributed by atoms with van der Waals surface area (Å²) in [5, 5.41) is 13.8. The van der Waals surface area contributed by atoms with E-state index in [2.05, 4.69) is 17.2 Å². The number of hydrogen-bond acceptors (Lipinski definition) is 3. The quantitative estimate of drug-likeness (QED) is 0.559. The van der Waals surface area contributed by atoms with Crippen molar-refractivity contribution < 1.29 is 19.5 Å². The van der Waals surface area contributed by atoms with Crippen molar-refractivity contribution in [3.8, 4) is 0 Å². The Hall–Kier alpha value is -2.05. The molecule has 0 aromatic carbocycles. The zero-order valence-corrected chi connectivity index (χ0v) is 9.31. The molecule has 1 saturated heterocycles. The highest BCUT2D eigenvalue weighted by molar-refractivity contribution is 5.91. The van der Waals surface area contributed by atoms with Gasteiger partial charge in [0.05, 0.1) is 6.42 Å². The van der Waals surface area contributed by atoms with Crippen LogP contribution in [0.4, 0.5) is 4.79 Å². The number of amides is 3. The highest BCUT2D eigenvalue weighted by Gasteiger charge is 2.34. The summed E-state index contributed by atoms with van der Waals surface area (Å²) in [6, 6.07) is -1.41. The topological polar surface area (TPSA) is 98.7 Å². The first-order valence-electron chi connectivity index (χ1n) is 5.21. The number of carbonyl (C=O) groups excluding carboxylic acids is 2. The summed E-state index contributed by atoms with van der Waals surface area (Å²) in [5.41, 5.74) is 0. The molecule has 1 atom stereocenters. The molecule has 0 aromatic rings. The van der Waals surface area contributed by atoms with Gasteiger partial charge in [0.15, 0.2) is 0 Å². The number of nitrogens with one attached hydrogen (secondary N) is 2. The number of urea groups is 1. The largest absolute Gasteiger partial charge is 0.481 e. The molecule has 94 valence electrons. The zero-order valence-electron chi connectivity index (χ0n) is 9.31. The number of carboxylic acids is 1. The van der Waals surface area contributed by atoms with E-state index in [9.17, 15) is 14.4 Å². The van der Waals surface area contributed by atoms with Crippen LogP contribution in [-0.2, 0) is 9.59 Å². The zero-order chi connectivity index (χ0) is 12.8. The minimum absolute atomic E-state index is 0.275. The molecular weight excluding hydrogens is 226 g/mol. The second-order valence-corrected chi connectivity index (χ2v) is 3.57. The van der Waals surface area contributed by atoms with Gasteiger partial charge in [-0.05, 0) is 0 Å². The van der Waals surface area contributed by atoms with Gasteiger partial charge in [0.2, 0.25) is 5.91 Å². The first-order valence-corrected chi connectivity index (χ1v) is 5.21. The van der Waals surface area contributed by atoms with Crippen LogP contribution in [0.15, 0.2) is 12.7 Å². The van der Waals surface area contributed by atoms with Gasteiger partial charge in [-0.1, -0.05) is 6.08 Å². The van der Waals surface area contributed by atoms with Gasteiger partial charge in [-0.25, -0.2) is 4.79 Å². The maximum atomic E-state index is 11.7. The van der Waals surface area contributed by atoms with E-state index in [1.807, 2.05) is 0 Å². The highest BCUT2D eigenvalue weighted by Crippen LogP contribution is 2.09. The number of carbonyl (C=O) groups is 3. The molecule has 0 spiro atoms. The van der Waals surface area contributed by atoms with Crippen molar-refractivity contribution in [2.24, 2.45) is 0 Å². The Labute approximate surface area is 98.5 Å². The summed E-state index contributed by atoms with van der Waals surface area (Å²) in [5.74, 6) is -1.55. The summed E-state index contributed by atoms with van der Waals surface area (Å²) in [4.78, 5) is 35.1. The summed E-state index contributed by atoms with van der Waals surface area (Å²) in [6.07, 6.45) is 1.11. The molecule has 7 nitrogen and oxygen atoms in total. The number of hydrogen-bond donors (Lipinski definition) is 3. The monoisotopic (exact) mass is 241 g/mol. The van der Waals surface area contributed by atoms with Gasteiger partial charge in [-0.15, -0.1) is 6.58 Å². The maximum Gasteiger partial charge on any atom is 0.318 e. The van der Waals surface area contributed by atoms with E-state index in [0.29, 0.717) is 13.1 Å². The number of carboxylic acid groups (broad SMARTS) is 1. The molecule has 3 amide bonds. The van der Waals surface area contributed by atoms with Gasteiger partial charge in [0, 0.05) is 19.6 Å². The van der Waals surface area contributed by atoms with E-state index in [0.717, 1.165) is 0 Å². The lowest BCUT2D eigenvalue weighted by molar-refractivity contribution is -0.142.